The summed E-state index contributed by atoms with van der Waals surface area (Å²) in [6, 6.07) is 5.32. The number of aryl methyl sites for hydroxylation is 1. The predicted molar refractivity (Wildman–Crippen MR) is 66.3 cm³/mol. The zero-order valence-corrected chi connectivity index (χ0v) is 10.3. The Morgan fingerprint density at radius 1 is 1.44 bits per heavy atom. The maximum Gasteiger partial charge on any atom is 0.272 e. The van der Waals surface area contributed by atoms with Crippen LogP contribution in [0.2, 0.25) is 0 Å². The van der Waals surface area contributed by atoms with Crippen LogP contribution in [0.3, 0.4) is 0 Å². The number of nitrogen functional groups attached to an aromatic ring is 1. The van der Waals surface area contributed by atoms with Gasteiger partial charge in [-0.1, -0.05) is 6.92 Å². The topological polar surface area (TPSA) is 98.8 Å². The first-order valence-electron chi connectivity index (χ1n) is 5.62. The molecule has 1 aromatic heterocycles. The highest BCUT2D eigenvalue weighted by atomic mass is 16.2. The van der Waals surface area contributed by atoms with Crippen molar-refractivity contribution in [3.8, 4) is 12.1 Å². The number of carbonyl (C=O) groups excluding carboxylic acids is 1. The Balaban J connectivity index is 3.01. The van der Waals surface area contributed by atoms with E-state index >= 15 is 0 Å². The molecule has 0 aliphatic carbocycles. The minimum Gasteiger partial charge on any atom is -0.397 e. The van der Waals surface area contributed by atoms with Crippen LogP contribution in [-0.4, -0.2) is 28.5 Å². The number of nitriles is 2. The van der Waals surface area contributed by atoms with Crippen molar-refractivity contribution in [3.63, 3.8) is 0 Å². The van der Waals surface area contributed by atoms with E-state index in [1.165, 1.54) is 4.90 Å². The zero-order valence-electron chi connectivity index (χ0n) is 10.3. The van der Waals surface area contributed by atoms with Gasteiger partial charge in [0.2, 0.25) is 0 Å². The van der Waals surface area contributed by atoms with Crippen molar-refractivity contribution in [1.29, 1.82) is 10.5 Å². The van der Waals surface area contributed by atoms with Crippen LogP contribution in [0, 0.1) is 22.7 Å². The van der Waals surface area contributed by atoms with E-state index in [0.29, 0.717) is 17.9 Å². The lowest BCUT2D eigenvalue weighted by atomic mass is 10.3. The van der Waals surface area contributed by atoms with E-state index in [-0.39, 0.29) is 19.0 Å². The predicted octanol–water partition coefficient (Wildman–Crippen LogP) is 0.970. The molecule has 0 fully saturated rings. The number of rotatable bonds is 5. The lowest BCUT2D eigenvalue weighted by molar-refractivity contribution is 0.0784. The maximum atomic E-state index is 12.2. The Labute approximate surface area is 106 Å². The lowest BCUT2D eigenvalue weighted by Gasteiger charge is -2.16. The summed E-state index contributed by atoms with van der Waals surface area (Å²) in [5.74, 6) is -0.344. The van der Waals surface area contributed by atoms with E-state index in [4.69, 9.17) is 16.3 Å². The Morgan fingerprint density at radius 3 is 2.56 bits per heavy atom. The van der Waals surface area contributed by atoms with E-state index in [1.807, 2.05) is 19.1 Å². The van der Waals surface area contributed by atoms with Crippen LogP contribution in [0.4, 0.5) is 5.69 Å². The molecule has 0 spiro atoms. The summed E-state index contributed by atoms with van der Waals surface area (Å²) in [6.07, 6.45) is 2.55. The van der Waals surface area contributed by atoms with Gasteiger partial charge in [0.1, 0.15) is 18.8 Å². The van der Waals surface area contributed by atoms with Crippen LogP contribution in [-0.2, 0) is 6.54 Å². The molecular weight excluding hydrogens is 230 g/mol. The van der Waals surface area contributed by atoms with Crippen LogP contribution in [0.15, 0.2) is 12.3 Å². The molecule has 0 radical (unpaired) electrons. The normalized spacial score (nSPS) is 9.50. The third-order valence-electron chi connectivity index (χ3n) is 2.41. The molecule has 1 aromatic rings. The molecule has 94 valence electrons. The number of hydrogen-bond acceptors (Lipinski definition) is 4. The fourth-order valence-corrected chi connectivity index (χ4v) is 1.67. The van der Waals surface area contributed by atoms with E-state index in [0.717, 1.165) is 6.42 Å². The van der Waals surface area contributed by atoms with Crippen LogP contribution >= 0.6 is 0 Å². The highest BCUT2D eigenvalue weighted by Crippen LogP contribution is 2.13. The van der Waals surface area contributed by atoms with Gasteiger partial charge >= 0.3 is 0 Å². The van der Waals surface area contributed by atoms with Gasteiger partial charge in [0, 0.05) is 12.7 Å². The van der Waals surface area contributed by atoms with E-state index < -0.39 is 0 Å². The summed E-state index contributed by atoms with van der Waals surface area (Å²) in [5.41, 5.74) is 6.59. The number of nitrogens with zero attached hydrogens (tertiary/aromatic N) is 4. The number of carbonyl (C=O) groups is 1. The first-order valence-corrected chi connectivity index (χ1v) is 5.62. The molecule has 0 saturated heterocycles. The molecule has 0 atom stereocenters. The maximum absolute atomic E-state index is 12.2. The van der Waals surface area contributed by atoms with E-state index in [1.54, 1.807) is 16.8 Å². The van der Waals surface area contributed by atoms with Crippen molar-refractivity contribution in [2.75, 3.05) is 18.8 Å². The Hall–Kier alpha value is -2.47. The van der Waals surface area contributed by atoms with Gasteiger partial charge in [-0.25, -0.2) is 0 Å². The summed E-state index contributed by atoms with van der Waals surface area (Å²) in [5, 5.41) is 17.3. The Morgan fingerprint density at radius 2 is 2.06 bits per heavy atom. The average Bonchev–Trinajstić information content (AvgIpc) is 2.70. The minimum atomic E-state index is -0.344. The van der Waals surface area contributed by atoms with Crippen molar-refractivity contribution in [1.82, 2.24) is 9.47 Å². The third-order valence-corrected chi connectivity index (χ3v) is 2.41. The van der Waals surface area contributed by atoms with E-state index in [9.17, 15) is 4.79 Å². The molecule has 1 rings (SSSR count). The first kappa shape index (κ1) is 13.6. The number of hydrogen-bond donors (Lipinski definition) is 1. The van der Waals surface area contributed by atoms with Gasteiger partial charge in [0.15, 0.2) is 0 Å². The molecule has 6 nitrogen and oxygen atoms in total. The number of anilines is 1. The van der Waals surface area contributed by atoms with Gasteiger partial charge in [-0.05, 0) is 12.5 Å². The van der Waals surface area contributed by atoms with Gasteiger partial charge in [-0.2, -0.15) is 10.5 Å². The van der Waals surface area contributed by atoms with Crippen LogP contribution in [0.25, 0.3) is 0 Å². The Bertz CT molecular complexity index is 490. The van der Waals surface area contributed by atoms with Crippen LogP contribution < -0.4 is 5.73 Å². The van der Waals surface area contributed by atoms with Gasteiger partial charge in [-0.15, -0.1) is 0 Å². The quantitative estimate of drug-likeness (QED) is 0.781. The number of aromatic nitrogens is 1. The lowest BCUT2D eigenvalue weighted by Crippen LogP contribution is -2.33. The molecule has 0 aromatic carbocycles. The summed E-state index contributed by atoms with van der Waals surface area (Å²) in [4.78, 5) is 13.4. The molecular formula is C12H15N5O. The summed E-state index contributed by atoms with van der Waals surface area (Å²) >= 11 is 0. The van der Waals surface area contributed by atoms with Gasteiger partial charge in [-0.3, -0.25) is 4.79 Å². The van der Waals surface area contributed by atoms with Gasteiger partial charge in [0.25, 0.3) is 5.91 Å². The molecule has 0 aliphatic rings. The SMILES string of the molecule is CCCn1cc(N)cc1C(=O)N(CC#N)CC#N. The average molecular weight is 245 g/mol. The fourth-order valence-electron chi connectivity index (χ4n) is 1.67. The molecule has 1 amide bonds. The fraction of sp³-hybridized carbons (Fsp3) is 0.417. The summed E-state index contributed by atoms with van der Waals surface area (Å²) in [7, 11) is 0. The third kappa shape index (κ3) is 3.02. The summed E-state index contributed by atoms with van der Waals surface area (Å²) < 4.78 is 1.75. The van der Waals surface area contributed by atoms with E-state index in [2.05, 4.69) is 0 Å². The second-order valence-corrected chi connectivity index (χ2v) is 3.83. The molecule has 0 aliphatic heterocycles. The molecule has 6 heteroatoms. The van der Waals surface area contributed by atoms with Crippen molar-refractivity contribution in [3.05, 3.63) is 18.0 Å². The van der Waals surface area contributed by atoms with Crippen molar-refractivity contribution in [2.24, 2.45) is 0 Å². The number of amides is 1. The minimum absolute atomic E-state index is 0.108. The second-order valence-electron chi connectivity index (χ2n) is 3.83. The monoisotopic (exact) mass is 245 g/mol. The van der Waals surface area contributed by atoms with Gasteiger partial charge in [0.05, 0.1) is 17.8 Å². The van der Waals surface area contributed by atoms with Crippen molar-refractivity contribution >= 4 is 11.6 Å². The van der Waals surface area contributed by atoms with Crippen molar-refractivity contribution < 1.29 is 4.79 Å². The van der Waals surface area contributed by atoms with Crippen LogP contribution in [0.1, 0.15) is 23.8 Å². The zero-order chi connectivity index (χ0) is 13.5. The highest BCUT2D eigenvalue weighted by Gasteiger charge is 2.19. The Kier molecular flexibility index (Phi) is 4.77. The molecule has 1 heterocycles. The first-order chi connectivity index (χ1) is 8.63. The smallest absolute Gasteiger partial charge is 0.272 e. The second kappa shape index (κ2) is 6.31. The van der Waals surface area contributed by atoms with Crippen LogP contribution in [0.5, 0.6) is 0 Å². The van der Waals surface area contributed by atoms with Gasteiger partial charge < -0.3 is 15.2 Å². The standard InChI is InChI=1S/C12H15N5O/c1-2-5-17-9-10(15)8-11(17)12(18)16(6-3-13)7-4-14/h8-9H,2,5-7,15H2,1H3. The molecule has 0 unspecified atom stereocenters. The highest BCUT2D eigenvalue weighted by molar-refractivity contribution is 5.94. The summed E-state index contributed by atoms with van der Waals surface area (Å²) in [6.45, 7) is 2.45. The molecule has 0 bridgehead atoms. The molecule has 0 saturated carbocycles. The number of nitrogens with two attached hydrogens (primary N) is 1. The van der Waals surface area contributed by atoms with Crippen molar-refractivity contribution in [2.45, 2.75) is 19.9 Å². The largest absolute Gasteiger partial charge is 0.397 e. The molecule has 18 heavy (non-hydrogen) atoms. The molecule has 2 N–H and O–H groups in total.